The van der Waals surface area contributed by atoms with Gasteiger partial charge in [0.05, 0.1) is 5.92 Å². The van der Waals surface area contributed by atoms with Gasteiger partial charge in [-0.05, 0) is 40.8 Å². The first-order valence-electron chi connectivity index (χ1n) is 7.58. The number of hydrogen-bond donors (Lipinski definition) is 2. The number of aromatic hydroxyl groups is 1. The number of esters is 1. The van der Waals surface area contributed by atoms with E-state index in [2.05, 4.69) is 13.2 Å². The molecule has 1 aliphatic carbocycles. The average molecular weight is 328 g/mol. The van der Waals surface area contributed by atoms with Crippen molar-refractivity contribution in [2.45, 2.75) is 19.4 Å². The number of carboxylic acid groups (broad SMARTS) is 1. The van der Waals surface area contributed by atoms with Crippen molar-refractivity contribution in [2.24, 2.45) is 11.8 Å². The second-order valence-corrected chi connectivity index (χ2v) is 5.87. The van der Waals surface area contributed by atoms with E-state index in [1.165, 1.54) is 18.2 Å². The monoisotopic (exact) mass is 328 g/mol. The first-order chi connectivity index (χ1) is 11.3. The highest BCUT2D eigenvalue weighted by atomic mass is 16.5. The highest BCUT2D eigenvalue weighted by Crippen LogP contribution is 2.38. The van der Waals surface area contributed by atoms with Crippen LogP contribution in [0.25, 0.3) is 6.08 Å². The molecule has 126 valence electrons. The Hall–Kier alpha value is -2.82. The molecule has 0 aliphatic heterocycles. The fourth-order valence-electron chi connectivity index (χ4n) is 2.68. The molecule has 2 N–H and O–H groups in total. The molecule has 3 atom stereocenters. The summed E-state index contributed by atoms with van der Waals surface area (Å²) < 4.78 is 5.35. The van der Waals surface area contributed by atoms with Gasteiger partial charge in [0.25, 0.3) is 0 Å². The number of rotatable bonds is 4. The summed E-state index contributed by atoms with van der Waals surface area (Å²) in [6, 6.07) is 6.33. The van der Waals surface area contributed by atoms with Crippen LogP contribution in [0.3, 0.4) is 0 Å². The minimum atomic E-state index is -0.933. The van der Waals surface area contributed by atoms with Crippen LogP contribution in [0.5, 0.6) is 5.75 Å². The predicted octanol–water partition coefficient (Wildman–Crippen LogP) is 3.17. The quantitative estimate of drug-likeness (QED) is 0.655. The number of carbonyl (C=O) groups is 2. The smallest absolute Gasteiger partial charge is 0.331 e. The summed E-state index contributed by atoms with van der Waals surface area (Å²) in [5.74, 6) is -2.27. The molecule has 0 heterocycles. The number of hydrogen-bond acceptors (Lipinski definition) is 4. The van der Waals surface area contributed by atoms with Crippen molar-refractivity contribution in [3.8, 4) is 5.75 Å². The molecule has 0 saturated heterocycles. The van der Waals surface area contributed by atoms with E-state index in [0.717, 1.165) is 5.56 Å². The van der Waals surface area contributed by atoms with Crippen molar-refractivity contribution in [1.29, 1.82) is 0 Å². The largest absolute Gasteiger partial charge is 0.508 e. The SMILES string of the molecule is C=C1C(=C)C(C)C(C(=O)O)CC1OC(=O)/C=C/c1ccc(O)cc1. The van der Waals surface area contributed by atoms with E-state index < -0.39 is 24.0 Å². The van der Waals surface area contributed by atoms with E-state index >= 15 is 0 Å². The van der Waals surface area contributed by atoms with E-state index in [9.17, 15) is 19.8 Å². The number of carbonyl (C=O) groups excluding carboxylic acids is 1. The Morgan fingerprint density at radius 2 is 1.83 bits per heavy atom. The van der Waals surface area contributed by atoms with Crippen molar-refractivity contribution < 1.29 is 24.5 Å². The zero-order valence-electron chi connectivity index (χ0n) is 13.4. The Labute approximate surface area is 140 Å². The molecular weight excluding hydrogens is 308 g/mol. The van der Waals surface area contributed by atoms with Crippen LogP contribution in [0.2, 0.25) is 0 Å². The summed E-state index contributed by atoms with van der Waals surface area (Å²) in [6.07, 6.45) is 2.31. The van der Waals surface area contributed by atoms with Crippen LogP contribution in [0.1, 0.15) is 18.9 Å². The van der Waals surface area contributed by atoms with Crippen molar-refractivity contribution in [2.75, 3.05) is 0 Å². The molecular formula is C19H20O5. The third kappa shape index (κ3) is 3.93. The van der Waals surface area contributed by atoms with Crippen LogP contribution >= 0.6 is 0 Å². The Balaban J connectivity index is 2.04. The van der Waals surface area contributed by atoms with Crippen LogP contribution < -0.4 is 0 Å². The molecule has 0 bridgehead atoms. The predicted molar refractivity (Wildman–Crippen MR) is 90.2 cm³/mol. The number of ether oxygens (including phenoxy) is 1. The van der Waals surface area contributed by atoms with Gasteiger partial charge in [0.2, 0.25) is 0 Å². The fraction of sp³-hybridized carbons (Fsp3) is 0.263. The Morgan fingerprint density at radius 1 is 1.21 bits per heavy atom. The molecule has 0 aromatic heterocycles. The standard InChI is InChI=1S/C19H20O5/c1-11-12(2)16(19(22)23)10-17(13(11)3)24-18(21)9-6-14-4-7-15(20)8-5-14/h4-9,12,16-17,20H,1,3,10H2,2H3,(H,22,23)/b9-6+. The highest BCUT2D eigenvalue weighted by Gasteiger charge is 2.38. The lowest BCUT2D eigenvalue weighted by molar-refractivity contribution is -0.150. The lowest BCUT2D eigenvalue weighted by Crippen LogP contribution is -2.36. The second kappa shape index (κ2) is 7.17. The second-order valence-electron chi connectivity index (χ2n) is 5.87. The van der Waals surface area contributed by atoms with Gasteiger partial charge in [0.15, 0.2) is 0 Å². The maximum Gasteiger partial charge on any atom is 0.331 e. The molecule has 1 aromatic rings. The molecule has 5 nitrogen and oxygen atoms in total. The number of phenolic OH excluding ortho intramolecular Hbond substituents is 1. The molecule has 1 saturated carbocycles. The molecule has 1 aliphatic rings. The minimum absolute atomic E-state index is 0.139. The van der Waals surface area contributed by atoms with Crippen LogP contribution in [-0.4, -0.2) is 28.3 Å². The van der Waals surface area contributed by atoms with Gasteiger partial charge in [-0.25, -0.2) is 4.79 Å². The highest BCUT2D eigenvalue weighted by molar-refractivity contribution is 5.87. The van der Waals surface area contributed by atoms with Crippen LogP contribution in [0.15, 0.2) is 54.6 Å². The number of phenols is 1. The van der Waals surface area contributed by atoms with Gasteiger partial charge in [-0.1, -0.05) is 32.2 Å². The molecule has 1 fully saturated rings. The number of benzene rings is 1. The molecule has 0 spiro atoms. The average Bonchev–Trinajstić information content (AvgIpc) is 2.54. The Morgan fingerprint density at radius 3 is 2.42 bits per heavy atom. The maximum atomic E-state index is 12.0. The van der Waals surface area contributed by atoms with Crippen molar-refractivity contribution >= 4 is 18.0 Å². The summed E-state index contributed by atoms with van der Waals surface area (Å²) in [6.45, 7) is 9.54. The lowest BCUT2D eigenvalue weighted by atomic mass is 9.74. The van der Waals surface area contributed by atoms with Crippen LogP contribution in [0.4, 0.5) is 0 Å². The van der Waals surface area contributed by atoms with Crippen molar-refractivity contribution in [3.05, 3.63) is 60.2 Å². The van der Waals surface area contributed by atoms with Gasteiger partial charge < -0.3 is 14.9 Å². The fourth-order valence-corrected chi connectivity index (χ4v) is 2.68. The topological polar surface area (TPSA) is 83.8 Å². The van der Waals surface area contributed by atoms with Crippen LogP contribution in [-0.2, 0) is 14.3 Å². The molecule has 24 heavy (non-hydrogen) atoms. The van der Waals surface area contributed by atoms with Gasteiger partial charge in [-0.15, -0.1) is 0 Å². The van der Waals surface area contributed by atoms with Gasteiger partial charge in [0, 0.05) is 12.5 Å². The van der Waals surface area contributed by atoms with E-state index in [-0.39, 0.29) is 18.1 Å². The zero-order valence-corrected chi connectivity index (χ0v) is 13.4. The molecule has 2 rings (SSSR count). The third-order valence-electron chi connectivity index (χ3n) is 4.30. The van der Waals surface area contributed by atoms with Crippen molar-refractivity contribution in [3.63, 3.8) is 0 Å². The molecule has 0 radical (unpaired) electrons. The number of carboxylic acids is 1. The summed E-state index contributed by atoms with van der Waals surface area (Å²) in [7, 11) is 0. The van der Waals surface area contributed by atoms with E-state index in [1.54, 1.807) is 25.1 Å². The Bertz CT molecular complexity index is 699. The summed E-state index contributed by atoms with van der Waals surface area (Å²) in [5.41, 5.74) is 1.90. The lowest BCUT2D eigenvalue weighted by Gasteiger charge is -2.34. The normalized spacial score (nSPS) is 24.1. The first-order valence-corrected chi connectivity index (χ1v) is 7.58. The Kier molecular flexibility index (Phi) is 5.24. The molecule has 5 heteroatoms. The van der Waals surface area contributed by atoms with Gasteiger partial charge in [-0.3, -0.25) is 4.79 Å². The molecule has 3 unspecified atom stereocenters. The third-order valence-corrected chi connectivity index (χ3v) is 4.30. The van der Waals surface area contributed by atoms with Gasteiger partial charge in [0.1, 0.15) is 11.9 Å². The van der Waals surface area contributed by atoms with Gasteiger partial charge in [-0.2, -0.15) is 0 Å². The van der Waals surface area contributed by atoms with E-state index in [0.29, 0.717) is 11.1 Å². The number of aliphatic carboxylic acids is 1. The van der Waals surface area contributed by atoms with Crippen molar-refractivity contribution in [1.82, 2.24) is 0 Å². The van der Waals surface area contributed by atoms with Crippen LogP contribution in [0, 0.1) is 11.8 Å². The van der Waals surface area contributed by atoms with E-state index in [1.807, 2.05) is 0 Å². The van der Waals surface area contributed by atoms with E-state index in [4.69, 9.17) is 4.74 Å². The zero-order chi connectivity index (χ0) is 17.9. The maximum absolute atomic E-state index is 12.0. The summed E-state index contributed by atoms with van der Waals surface area (Å²) >= 11 is 0. The minimum Gasteiger partial charge on any atom is -0.508 e. The summed E-state index contributed by atoms with van der Waals surface area (Å²) in [4.78, 5) is 23.3. The first kappa shape index (κ1) is 17.5. The van der Waals surface area contributed by atoms with Gasteiger partial charge >= 0.3 is 11.9 Å². The molecule has 1 aromatic carbocycles. The molecule has 0 amide bonds. The summed E-state index contributed by atoms with van der Waals surface area (Å²) in [5, 5.41) is 18.5.